The molecule has 1 aromatic rings. The molecule has 0 unspecified atom stereocenters. The van der Waals surface area contributed by atoms with Gasteiger partial charge in [0, 0.05) is 6.61 Å². The molecule has 92 valence electrons. The quantitative estimate of drug-likeness (QED) is 0.576. The normalized spacial score (nSPS) is 9.94. The molecule has 0 saturated heterocycles. The average molecular weight is 238 g/mol. The summed E-state index contributed by atoms with van der Waals surface area (Å²) in [5, 5.41) is 17.2. The summed E-state index contributed by atoms with van der Waals surface area (Å²) >= 11 is 0. The van der Waals surface area contributed by atoms with E-state index in [0.717, 1.165) is 0 Å². The molecule has 0 aliphatic heterocycles. The van der Waals surface area contributed by atoms with Crippen molar-refractivity contribution >= 4 is 11.9 Å². The Labute approximate surface area is 98.6 Å². The van der Waals surface area contributed by atoms with E-state index >= 15 is 0 Å². The number of ether oxygens (including phenoxy) is 1. The van der Waals surface area contributed by atoms with Crippen molar-refractivity contribution in [2.24, 2.45) is 0 Å². The molecule has 0 aliphatic rings. The Hall–Kier alpha value is -1.88. The van der Waals surface area contributed by atoms with Crippen molar-refractivity contribution < 1.29 is 24.5 Å². The van der Waals surface area contributed by atoms with Gasteiger partial charge in [0.05, 0.1) is 17.7 Å². The van der Waals surface area contributed by atoms with E-state index in [1.165, 1.54) is 24.3 Å². The van der Waals surface area contributed by atoms with Crippen molar-refractivity contribution in [3.63, 3.8) is 0 Å². The van der Waals surface area contributed by atoms with Crippen LogP contribution in [0.1, 0.15) is 33.6 Å². The highest BCUT2D eigenvalue weighted by Crippen LogP contribution is 2.06. The molecule has 0 amide bonds. The van der Waals surface area contributed by atoms with E-state index < -0.39 is 11.9 Å². The maximum atomic E-state index is 11.5. The van der Waals surface area contributed by atoms with E-state index in [-0.39, 0.29) is 18.8 Å². The summed E-state index contributed by atoms with van der Waals surface area (Å²) in [6.07, 6.45) is 1.20. The molecular formula is C12H14O5. The zero-order chi connectivity index (χ0) is 12.7. The average Bonchev–Trinajstić information content (AvgIpc) is 2.34. The minimum Gasteiger partial charge on any atom is -0.478 e. The van der Waals surface area contributed by atoms with Crippen molar-refractivity contribution in [2.75, 3.05) is 13.2 Å². The lowest BCUT2D eigenvalue weighted by atomic mass is 10.1. The monoisotopic (exact) mass is 238 g/mol. The summed E-state index contributed by atoms with van der Waals surface area (Å²) in [5.41, 5.74) is 0.445. The lowest BCUT2D eigenvalue weighted by Crippen LogP contribution is -2.07. The van der Waals surface area contributed by atoms with Crippen LogP contribution in [-0.2, 0) is 4.74 Å². The Bertz CT molecular complexity index is 382. The molecule has 17 heavy (non-hydrogen) atoms. The molecule has 1 aromatic carbocycles. The maximum Gasteiger partial charge on any atom is 0.338 e. The van der Waals surface area contributed by atoms with Gasteiger partial charge in [-0.3, -0.25) is 0 Å². The second-order valence-corrected chi connectivity index (χ2v) is 3.45. The highest BCUT2D eigenvalue weighted by molar-refractivity contribution is 5.92. The van der Waals surface area contributed by atoms with Crippen LogP contribution >= 0.6 is 0 Å². The van der Waals surface area contributed by atoms with Crippen LogP contribution in [0.25, 0.3) is 0 Å². The van der Waals surface area contributed by atoms with E-state index in [9.17, 15) is 9.59 Å². The second-order valence-electron chi connectivity index (χ2n) is 3.45. The summed E-state index contributed by atoms with van der Waals surface area (Å²) in [4.78, 5) is 22.0. The zero-order valence-corrected chi connectivity index (χ0v) is 9.26. The Kier molecular flexibility index (Phi) is 5.16. The number of esters is 1. The van der Waals surface area contributed by atoms with Crippen LogP contribution in [-0.4, -0.2) is 35.4 Å². The molecule has 0 radical (unpaired) electrons. The molecule has 0 fully saturated rings. The molecule has 0 aromatic heterocycles. The molecule has 2 N–H and O–H groups in total. The number of hydrogen-bond donors (Lipinski definition) is 2. The molecule has 0 atom stereocenters. The predicted octanol–water partition coefficient (Wildman–Crippen LogP) is 1.31. The van der Waals surface area contributed by atoms with Crippen LogP contribution in [0.3, 0.4) is 0 Å². The SMILES string of the molecule is O=C(O)c1ccc(C(=O)OCCCCO)cc1. The Balaban J connectivity index is 2.49. The van der Waals surface area contributed by atoms with Gasteiger partial charge in [-0.25, -0.2) is 9.59 Å². The predicted molar refractivity (Wildman–Crippen MR) is 60.0 cm³/mol. The van der Waals surface area contributed by atoms with E-state index in [2.05, 4.69) is 0 Å². The van der Waals surface area contributed by atoms with Gasteiger partial charge in [0.2, 0.25) is 0 Å². The molecule has 0 spiro atoms. The summed E-state index contributed by atoms with van der Waals surface area (Å²) in [6, 6.07) is 5.54. The van der Waals surface area contributed by atoms with E-state index in [0.29, 0.717) is 18.4 Å². The number of aromatic carboxylic acids is 1. The fourth-order valence-electron chi connectivity index (χ4n) is 1.21. The van der Waals surface area contributed by atoms with Gasteiger partial charge in [-0.1, -0.05) is 0 Å². The Morgan fingerprint density at radius 3 is 2.18 bits per heavy atom. The number of aliphatic hydroxyl groups excluding tert-OH is 1. The Morgan fingerprint density at radius 1 is 1.06 bits per heavy atom. The molecular weight excluding hydrogens is 224 g/mol. The molecule has 5 heteroatoms. The minimum atomic E-state index is -1.03. The third kappa shape index (κ3) is 4.24. The minimum absolute atomic E-state index is 0.0743. The molecule has 0 aliphatic carbocycles. The van der Waals surface area contributed by atoms with Gasteiger partial charge >= 0.3 is 11.9 Å². The van der Waals surface area contributed by atoms with Gasteiger partial charge in [-0.05, 0) is 37.1 Å². The summed E-state index contributed by atoms with van der Waals surface area (Å²) < 4.78 is 4.93. The number of carbonyl (C=O) groups excluding carboxylic acids is 1. The van der Waals surface area contributed by atoms with Crippen molar-refractivity contribution in [3.05, 3.63) is 35.4 Å². The van der Waals surface area contributed by atoms with E-state index in [1.807, 2.05) is 0 Å². The number of benzene rings is 1. The van der Waals surface area contributed by atoms with Gasteiger partial charge in [-0.2, -0.15) is 0 Å². The van der Waals surface area contributed by atoms with Crippen LogP contribution in [0.15, 0.2) is 24.3 Å². The molecule has 0 heterocycles. The van der Waals surface area contributed by atoms with Crippen LogP contribution in [0.4, 0.5) is 0 Å². The number of hydrogen-bond acceptors (Lipinski definition) is 4. The Morgan fingerprint density at radius 2 is 1.65 bits per heavy atom. The van der Waals surface area contributed by atoms with Gasteiger partial charge in [-0.15, -0.1) is 0 Å². The van der Waals surface area contributed by atoms with E-state index in [1.54, 1.807) is 0 Å². The fraction of sp³-hybridized carbons (Fsp3) is 0.333. The van der Waals surface area contributed by atoms with Crippen molar-refractivity contribution in [1.29, 1.82) is 0 Å². The third-order valence-electron chi connectivity index (χ3n) is 2.15. The number of carbonyl (C=O) groups is 2. The molecule has 1 rings (SSSR count). The maximum absolute atomic E-state index is 11.5. The first kappa shape index (κ1) is 13.2. The number of carboxylic acid groups (broad SMARTS) is 1. The zero-order valence-electron chi connectivity index (χ0n) is 9.26. The highest BCUT2D eigenvalue weighted by atomic mass is 16.5. The van der Waals surface area contributed by atoms with Crippen molar-refractivity contribution in [1.82, 2.24) is 0 Å². The van der Waals surface area contributed by atoms with Crippen molar-refractivity contribution in [2.45, 2.75) is 12.8 Å². The van der Waals surface area contributed by atoms with E-state index in [4.69, 9.17) is 14.9 Å². The number of rotatable bonds is 6. The lowest BCUT2D eigenvalue weighted by Gasteiger charge is -2.04. The first-order chi connectivity index (χ1) is 8.15. The molecule has 0 saturated carbocycles. The standard InChI is InChI=1S/C12H14O5/c13-7-1-2-8-17-12(16)10-5-3-9(4-6-10)11(14)15/h3-6,13H,1-2,7-8H2,(H,14,15). The van der Waals surface area contributed by atoms with Crippen LogP contribution in [0.5, 0.6) is 0 Å². The second kappa shape index (κ2) is 6.65. The van der Waals surface area contributed by atoms with Crippen molar-refractivity contribution in [3.8, 4) is 0 Å². The first-order valence-electron chi connectivity index (χ1n) is 5.26. The highest BCUT2D eigenvalue weighted by Gasteiger charge is 2.08. The molecule has 0 bridgehead atoms. The van der Waals surface area contributed by atoms with Gasteiger partial charge in [0.15, 0.2) is 0 Å². The van der Waals surface area contributed by atoms with Crippen LogP contribution in [0, 0.1) is 0 Å². The van der Waals surface area contributed by atoms with Gasteiger partial charge in [0.25, 0.3) is 0 Å². The smallest absolute Gasteiger partial charge is 0.338 e. The number of unbranched alkanes of at least 4 members (excludes halogenated alkanes) is 1. The van der Waals surface area contributed by atoms with Crippen LogP contribution < -0.4 is 0 Å². The van der Waals surface area contributed by atoms with Gasteiger partial charge < -0.3 is 14.9 Å². The first-order valence-corrected chi connectivity index (χ1v) is 5.26. The lowest BCUT2D eigenvalue weighted by molar-refractivity contribution is 0.0491. The van der Waals surface area contributed by atoms with Crippen LogP contribution in [0.2, 0.25) is 0 Å². The topological polar surface area (TPSA) is 83.8 Å². The summed E-state index contributed by atoms with van der Waals surface area (Å²) in [5.74, 6) is -1.52. The summed E-state index contributed by atoms with van der Waals surface area (Å²) in [6.45, 7) is 0.324. The summed E-state index contributed by atoms with van der Waals surface area (Å²) in [7, 11) is 0. The van der Waals surface area contributed by atoms with Gasteiger partial charge in [0.1, 0.15) is 0 Å². The third-order valence-corrected chi connectivity index (χ3v) is 2.15. The fourth-order valence-corrected chi connectivity index (χ4v) is 1.21. The number of aliphatic hydroxyl groups is 1. The molecule has 5 nitrogen and oxygen atoms in total. The largest absolute Gasteiger partial charge is 0.478 e. The number of carboxylic acids is 1.